The zero-order chi connectivity index (χ0) is 17.8. The van der Waals surface area contributed by atoms with Crippen molar-refractivity contribution in [2.24, 2.45) is 0 Å². The predicted molar refractivity (Wildman–Crippen MR) is 95.1 cm³/mol. The lowest BCUT2D eigenvalue weighted by molar-refractivity contribution is -0.120. The van der Waals surface area contributed by atoms with Crippen LogP contribution in [0.5, 0.6) is 0 Å². The summed E-state index contributed by atoms with van der Waals surface area (Å²) in [7, 11) is 0. The molecule has 2 amide bonds. The lowest BCUT2D eigenvalue weighted by Gasteiger charge is -2.27. The van der Waals surface area contributed by atoms with Crippen LogP contribution in [0.3, 0.4) is 0 Å². The molecule has 1 saturated heterocycles. The summed E-state index contributed by atoms with van der Waals surface area (Å²) in [6.07, 6.45) is 0.615. The molecule has 1 heterocycles. The van der Waals surface area contributed by atoms with Crippen molar-refractivity contribution in [3.8, 4) is 6.07 Å². The van der Waals surface area contributed by atoms with Crippen molar-refractivity contribution in [1.29, 1.82) is 5.26 Å². The minimum absolute atomic E-state index is 0.0463. The summed E-state index contributed by atoms with van der Waals surface area (Å²) in [5.41, 5.74) is 1.86. The molecular weight excluding hydrogens is 314 g/mol. The SMILES string of the molecule is CCN(C(=O)c1ccc(C#N)cc1)[C@H]1CCN(c2ccccc2)C1=O. The first-order valence-electron chi connectivity index (χ1n) is 8.33. The van der Waals surface area contributed by atoms with Crippen LogP contribution in [-0.2, 0) is 4.79 Å². The summed E-state index contributed by atoms with van der Waals surface area (Å²) < 4.78 is 0. The van der Waals surface area contributed by atoms with Crippen molar-refractivity contribution < 1.29 is 9.59 Å². The molecular formula is C20H19N3O2. The monoisotopic (exact) mass is 333 g/mol. The van der Waals surface area contributed by atoms with E-state index in [0.717, 1.165) is 5.69 Å². The van der Waals surface area contributed by atoms with Gasteiger partial charge in [-0.25, -0.2) is 0 Å². The van der Waals surface area contributed by atoms with Gasteiger partial charge in [0.05, 0.1) is 11.6 Å². The smallest absolute Gasteiger partial charge is 0.254 e. The highest BCUT2D eigenvalue weighted by molar-refractivity contribution is 6.03. The van der Waals surface area contributed by atoms with Gasteiger partial charge in [-0.1, -0.05) is 18.2 Å². The van der Waals surface area contributed by atoms with Gasteiger partial charge in [0.25, 0.3) is 5.91 Å². The molecule has 5 nitrogen and oxygen atoms in total. The Morgan fingerprint density at radius 2 is 1.88 bits per heavy atom. The quantitative estimate of drug-likeness (QED) is 0.864. The molecule has 0 aromatic heterocycles. The summed E-state index contributed by atoms with van der Waals surface area (Å²) in [6, 6.07) is 17.6. The molecule has 0 spiro atoms. The summed E-state index contributed by atoms with van der Waals surface area (Å²) >= 11 is 0. The number of carbonyl (C=O) groups excluding carboxylic acids is 2. The number of benzene rings is 2. The Labute approximate surface area is 147 Å². The molecule has 25 heavy (non-hydrogen) atoms. The topological polar surface area (TPSA) is 64.4 Å². The number of para-hydroxylation sites is 1. The maximum absolute atomic E-state index is 12.8. The first-order valence-corrected chi connectivity index (χ1v) is 8.33. The summed E-state index contributed by atoms with van der Waals surface area (Å²) in [5.74, 6) is -0.227. The molecule has 0 saturated carbocycles. The number of amides is 2. The fourth-order valence-corrected chi connectivity index (χ4v) is 3.18. The standard InChI is InChI=1S/C20H19N3O2/c1-2-22(19(24)16-10-8-15(14-21)9-11-16)18-12-13-23(20(18)25)17-6-4-3-5-7-17/h3-11,18H,2,12-13H2,1H3/t18-/m0/s1. The van der Waals surface area contributed by atoms with Gasteiger partial charge in [0.2, 0.25) is 5.91 Å². The zero-order valence-corrected chi connectivity index (χ0v) is 14.1. The van der Waals surface area contributed by atoms with E-state index in [1.165, 1.54) is 0 Å². The predicted octanol–water partition coefficient (Wildman–Crippen LogP) is 2.83. The molecule has 0 unspecified atom stereocenters. The zero-order valence-electron chi connectivity index (χ0n) is 14.1. The number of anilines is 1. The summed E-state index contributed by atoms with van der Waals surface area (Å²) in [5, 5.41) is 8.87. The van der Waals surface area contributed by atoms with Gasteiger partial charge >= 0.3 is 0 Å². The minimum Gasteiger partial charge on any atom is -0.327 e. The Morgan fingerprint density at radius 3 is 2.48 bits per heavy atom. The van der Waals surface area contributed by atoms with Crippen molar-refractivity contribution in [2.45, 2.75) is 19.4 Å². The molecule has 1 aliphatic heterocycles. The second-order valence-electron chi connectivity index (χ2n) is 5.91. The van der Waals surface area contributed by atoms with E-state index in [1.54, 1.807) is 34.1 Å². The highest BCUT2D eigenvalue weighted by atomic mass is 16.2. The first-order chi connectivity index (χ1) is 12.2. The van der Waals surface area contributed by atoms with Gasteiger partial charge in [0.15, 0.2) is 0 Å². The highest BCUT2D eigenvalue weighted by Crippen LogP contribution is 2.25. The van der Waals surface area contributed by atoms with Gasteiger partial charge < -0.3 is 9.80 Å². The normalized spacial score (nSPS) is 16.6. The maximum Gasteiger partial charge on any atom is 0.254 e. The van der Waals surface area contributed by atoms with E-state index in [1.807, 2.05) is 43.3 Å². The van der Waals surface area contributed by atoms with E-state index < -0.39 is 6.04 Å². The third kappa shape index (κ3) is 3.24. The summed E-state index contributed by atoms with van der Waals surface area (Å²) in [6.45, 7) is 2.93. The number of rotatable bonds is 4. The van der Waals surface area contributed by atoms with Gasteiger partial charge in [0.1, 0.15) is 6.04 Å². The van der Waals surface area contributed by atoms with E-state index in [-0.39, 0.29) is 11.8 Å². The van der Waals surface area contributed by atoms with Crippen LogP contribution in [0.25, 0.3) is 0 Å². The average Bonchev–Trinajstić information content (AvgIpc) is 3.04. The largest absolute Gasteiger partial charge is 0.327 e. The molecule has 0 bridgehead atoms. The van der Waals surface area contributed by atoms with Crippen LogP contribution in [0.1, 0.15) is 29.3 Å². The van der Waals surface area contributed by atoms with Crippen LogP contribution < -0.4 is 4.90 Å². The van der Waals surface area contributed by atoms with E-state index in [2.05, 4.69) is 0 Å². The van der Waals surface area contributed by atoms with E-state index in [4.69, 9.17) is 5.26 Å². The molecule has 126 valence electrons. The molecule has 1 fully saturated rings. The van der Waals surface area contributed by atoms with E-state index >= 15 is 0 Å². The second-order valence-corrected chi connectivity index (χ2v) is 5.91. The fourth-order valence-electron chi connectivity index (χ4n) is 3.18. The van der Waals surface area contributed by atoms with Crippen LogP contribution in [0.15, 0.2) is 54.6 Å². The molecule has 1 atom stereocenters. The van der Waals surface area contributed by atoms with Gasteiger partial charge in [-0.3, -0.25) is 9.59 Å². The third-order valence-electron chi connectivity index (χ3n) is 4.48. The first kappa shape index (κ1) is 16.7. The van der Waals surface area contributed by atoms with Crippen LogP contribution in [0.4, 0.5) is 5.69 Å². The Hall–Kier alpha value is -3.13. The van der Waals surface area contributed by atoms with Gasteiger partial charge in [0, 0.05) is 24.3 Å². The molecule has 2 aromatic rings. The molecule has 0 radical (unpaired) electrons. The molecule has 0 N–H and O–H groups in total. The van der Waals surface area contributed by atoms with Crippen LogP contribution in [0.2, 0.25) is 0 Å². The number of nitriles is 1. The number of carbonyl (C=O) groups is 2. The molecule has 1 aliphatic rings. The third-order valence-corrected chi connectivity index (χ3v) is 4.48. The molecule has 2 aromatic carbocycles. The Balaban J connectivity index is 1.80. The van der Waals surface area contributed by atoms with Gasteiger partial charge in [-0.05, 0) is 49.7 Å². The van der Waals surface area contributed by atoms with Crippen molar-refractivity contribution in [1.82, 2.24) is 4.90 Å². The Kier molecular flexibility index (Phi) is 4.80. The number of hydrogen-bond acceptors (Lipinski definition) is 3. The van der Waals surface area contributed by atoms with Crippen LogP contribution in [0, 0.1) is 11.3 Å². The molecule has 0 aliphatic carbocycles. The second kappa shape index (κ2) is 7.18. The van der Waals surface area contributed by atoms with Gasteiger partial charge in [-0.2, -0.15) is 5.26 Å². The minimum atomic E-state index is -0.451. The van der Waals surface area contributed by atoms with Crippen LogP contribution >= 0.6 is 0 Å². The van der Waals surface area contributed by atoms with Crippen LogP contribution in [-0.4, -0.2) is 35.8 Å². The van der Waals surface area contributed by atoms with Crippen molar-refractivity contribution >= 4 is 17.5 Å². The fraction of sp³-hybridized carbons (Fsp3) is 0.250. The summed E-state index contributed by atoms with van der Waals surface area (Å²) in [4.78, 5) is 29.0. The van der Waals surface area contributed by atoms with Crippen molar-refractivity contribution in [2.75, 3.05) is 18.0 Å². The van der Waals surface area contributed by atoms with E-state index in [9.17, 15) is 9.59 Å². The Morgan fingerprint density at radius 1 is 1.20 bits per heavy atom. The van der Waals surface area contributed by atoms with Crippen molar-refractivity contribution in [3.05, 3.63) is 65.7 Å². The lowest BCUT2D eigenvalue weighted by atomic mass is 10.1. The average molecular weight is 333 g/mol. The lowest BCUT2D eigenvalue weighted by Crippen LogP contribution is -2.45. The van der Waals surface area contributed by atoms with Crippen molar-refractivity contribution in [3.63, 3.8) is 0 Å². The maximum atomic E-state index is 12.8. The Bertz CT molecular complexity index is 809. The van der Waals surface area contributed by atoms with Gasteiger partial charge in [-0.15, -0.1) is 0 Å². The number of nitrogens with zero attached hydrogens (tertiary/aromatic N) is 3. The number of hydrogen-bond donors (Lipinski definition) is 0. The molecule has 3 rings (SSSR count). The number of likely N-dealkylation sites (N-methyl/N-ethyl adjacent to an activating group) is 1. The van der Waals surface area contributed by atoms with E-state index in [0.29, 0.717) is 30.6 Å². The highest BCUT2D eigenvalue weighted by Gasteiger charge is 2.38. The molecule has 5 heteroatoms.